The molecule has 0 aromatic carbocycles. The first-order valence-corrected chi connectivity index (χ1v) is 6.54. The van der Waals surface area contributed by atoms with Crippen LogP contribution >= 0.6 is 0 Å². The van der Waals surface area contributed by atoms with Gasteiger partial charge in [-0.15, -0.1) is 0 Å². The van der Waals surface area contributed by atoms with Crippen molar-refractivity contribution in [1.82, 2.24) is 14.9 Å². The summed E-state index contributed by atoms with van der Waals surface area (Å²) in [5.41, 5.74) is 7.82. The summed E-state index contributed by atoms with van der Waals surface area (Å²) in [5.74, 6) is 0.773. The summed E-state index contributed by atoms with van der Waals surface area (Å²) in [5, 5.41) is 0. The van der Waals surface area contributed by atoms with Crippen LogP contribution in [0.5, 0.6) is 0 Å². The number of aromatic nitrogens is 2. The number of aryl methyl sites for hydroxylation is 1. The van der Waals surface area contributed by atoms with Crippen molar-refractivity contribution in [1.29, 1.82) is 0 Å². The molecule has 0 bridgehead atoms. The van der Waals surface area contributed by atoms with Crippen molar-refractivity contribution >= 4 is 0 Å². The van der Waals surface area contributed by atoms with Crippen LogP contribution in [0.2, 0.25) is 0 Å². The Morgan fingerprint density at radius 2 is 2.39 bits per heavy atom. The van der Waals surface area contributed by atoms with Crippen LogP contribution in [0.25, 0.3) is 0 Å². The van der Waals surface area contributed by atoms with Gasteiger partial charge < -0.3 is 10.5 Å². The quantitative estimate of drug-likeness (QED) is 0.873. The fourth-order valence-corrected chi connectivity index (χ4v) is 2.24. The molecule has 1 aromatic rings. The predicted molar refractivity (Wildman–Crippen MR) is 70.2 cm³/mol. The predicted octanol–water partition coefficient (Wildman–Crippen LogP) is 1.20. The molecule has 2 rings (SSSR count). The summed E-state index contributed by atoms with van der Waals surface area (Å²) in [6.07, 6.45) is 1.82. The number of nitrogens with two attached hydrogens (primary N) is 1. The molecule has 1 aliphatic heterocycles. The van der Waals surface area contributed by atoms with E-state index in [9.17, 15) is 0 Å². The lowest BCUT2D eigenvalue weighted by Crippen LogP contribution is -2.38. The van der Waals surface area contributed by atoms with Crippen LogP contribution in [0.3, 0.4) is 0 Å². The zero-order chi connectivity index (χ0) is 13.1. The van der Waals surface area contributed by atoms with E-state index < -0.39 is 0 Å². The summed E-state index contributed by atoms with van der Waals surface area (Å²) in [6.45, 7) is 9.73. The standard InChI is InChI=1S/C13H22N4O/c1-4-17-5-6-18-12(8-17)13-15-7-11(9(2)14)10(3)16-13/h7,9,12H,4-6,8,14H2,1-3H3/t9-,12?/m0/s1. The van der Waals surface area contributed by atoms with Crippen molar-refractivity contribution in [2.75, 3.05) is 26.2 Å². The number of morpholine rings is 1. The second kappa shape index (κ2) is 5.73. The Bertz CT molecular complexity index is 408. The third kappa shape index (κ3) is 2.85. The summed E-state index contributed by atoms with van der Waals surface area (Å²) >= 11 is 0. The summed E-state index contributed by atoms with van der Waals surface area (Å²) < 4.78 is 5.75. The monoisotopic (exact) mass is 250 g/mol. The van der Waals surface area contributed by atoms with Crippen LogP contribution in [0.1, 0.15) is 43.1 Å². The van der Waals surface area contributed by atoms with Crippen molar-refractivity contribution in [3.63, 3.8) is 0 Å². The highest BCUT2D eigenvalue weighted by atomic mass is 16.5. The lowest BCUT2D eigenvalue weighted by Gasteiger charge is -2.31. The van der Waals surface area contributed by atoms with Crippen molar-refractivity contribution in [3.05, 3.63) is 23.3 Å². The van der Waals surface area contributed by atoms with E-state index in [2.05, 4.69) is 21.8 Å². The van der Waals surface area contributed by atoms with Crippen molar-refractivity contribution < 1.29 is 4.74 Å². The third-order valence-electron chi connectivity index (χ3n) is 3.41. The van der Waals surface area contributed by atoms with Gasteiger partial charge in [-0.3, -0.25) is 4.90 Å². The first kappa shape index (κ1) is 13.4. The van der Waals surface area contributed by atoms with E-state index in [1.165, 1.54) is 0 Å². The first-order chi connectivity index (χ1) is 8.61. The molecule has 5 heteroatoms. The lowest BCUT2D eigenvalue weighted by molar-refractivity contribution is -0.0326. The molecule has 2 atom stereocenters. The number of hydrogen-bond donors (Lipinski definition) is 1. The van der Waals surface area contributed by atoms with Crippen LogP contribution in [0, 0.1) is 6.92 Å². The molecule has 0 amide bonds. The molecule has 1 unspecified atom stereocenters. The molecule has 1 aromatic heterocycles. The maximum Gasteiger partial charge on any atom is 0.158 e. The van der Waals surface area contributed by atoms with E-state index >= 15 is 0 Å². The van der Waals surface area contributed by atoms with Gasteiger partial charge in [0.05, 0.1) is 6.61 Å². The van der Waals surface area contributed by atoms with Crippen molar-refractivity contribution in [2.24, 2.45) is 5.73 Å². The van der Waals surface area contributed by atoms with Crippen LogP contribution < -0.4 is 5.73 Å². The minimum atomic E-state index is -0.0292. The van der Waals surface area contributed by atoms with Gasteiger partial charge >= 0.3 is 0 Å². The molecule has 1 fully saturated rings. The molecule has 1 saturated heterocycles. The van der Waals surface area contributed by atoms with E-state index in [4.69, 9.17) is 10.5 Å². The SMILES string of the molecule is CCN1CCOC(c2ncc([C@H](C)N)c(C)n2)C1. The molecule has 100 valence electrons. The molecule has 18 heavy (non-hydrogen) atoms. The lowest BCUT2D eigenvalue weighted by atomic mass is 10.1. The van der Waals surface area contributed by atoms with Gasteiger partial charge in [0.2, 0.25) is 0 Å². The summed E-state index contributed by atoms with van der Waals surface area (Å²) in [7, 11) is 0. The zero-order valence-electron chi connectivity index (χ0n) is 11.4. The average Bonchev–Trinajstić information content (AvgIpc) is 2.38. The number of nitrogens with zero attached hydrogens (tertiary/aromatic N) is 3. The average molecular weight is 250 g/mol. The molecule has 0 aliphatic carbocycles. The van der Waals surface area contributed by atoms with Crippen LogP contribution in [-0.2, 0) is 4.74 Å². The number of hydrogen-bond acceptors (Lipinski definition) is 5. The number of rotatable bonds is 3. The fraction of sp³-hybridized carbons (Fsp3) is 0.692. The van der Waals surface area contributed by atoms with E-state index in [1.54, 1.807) is 0 Å². The molecular weight excluding hydrogens is 228 g/mol. The van der Waals surface area contributed by atoms with E-state index in [-0.39, 0.29) is 12.1 Å². The minimum Gasteiger partial charge on any atom is -0.368 e. The van der Waals surface area contributed by atoms with Gasteiger partial charge in [-0.05, 0) is 20.4 Å². The normalized spacial score (nSPS) is 23.0. The van der Waals surface area contributed by atoms with E-state index in [0.29, 0.717) is 0 Å². The highest BCUT2D eigenvalue weighted by molar-refractivity contribution is 5.20. The minimum absolute atomic E-state index is 0.0143. The molecule has 2 N–H and O–H groups in total. The van der Waals surface area contributed by atoms with E-state index in [0.717, 1.165) is 43.3 Å². The van der Waals surface area contributed by atoms with Gasteiger partial charge in [-0.1, -0.05) is 6.92 Å². The smallest absolute Gasteiger partial charge is 0.158 e. The second-order valence-electron chi connectivity index (χ2n) is 4.81. The molecule has 5 nitrogen and oxygen atoms in total. The van der Waals surface area contributed by atoms with Gasteiger partial charge in [0, 0.05) is 36.6 Å². The van der Waals surface area contributed by atoms with Crippen LogP contribution in [-0.4, -0.2) is 41.1 Å². The first-order valence-electron chi connectivity index (χ1n) is 6.54. The number of likely N-dealkylation sites (N-methyl/N-ethyl adjacent to an activating group) is 1. The van der Waals surface area contributed by atoms with Gasteiger partial charge in [0.15, 0.2) is 5.82 Å². The second-order valence-corrected chi connectivity index (χ2v) is 4.81. The Morgan fingerprint density at radius 1 is 1.61 bits per heavy atom. The summed E-state index contributed by atoms with van der Waals surface area (Å²) in [4.78, 5) is 11.3. The largest absolute Gasteiger partial charge is 0.368 e. The Labute approximate surface area is 108 Å². The van der Waals surface area contributed by atoms with E-state index in [1.807, 2.05) is 20.0 Å². The molecular formula is C13H22N4O. The fourth-order valence-electron chi connectivity index (χ4n) is 2.24. The summed E-state index contributed by atoms with van der Waals surface area (Å²) in [6, 6.07) is -0.0292. The molecule has 0 spiro atoms. The Hall–Kier alpha value is -1.04. The molecule has 1 aliphatic rings. The maximum atomic E-state index is 5.87. The maximum absolute atomic E-state index is 5.87. The zero-order valence-corrected chi connectivity index (χ0v) is 11.4. The Morgan fingerprint density at radius 3 is 3.00 bits per heavy atom. The molecule has 2 heterocycles. The van der Waals surface area contributed by atoms with Gasteiger partial charge in [-0.25, -0.2) is 9.97 Å². The van der Waals surface area contributed by atoms with Crippen molar-refractivity contribution in [2.45, 2.75) is 32.9 Å². The highest BCUT2D eigenvalue weighted by Crippen LogP contribution is 2.21. The Balaban J connectivity index is 2.16. The molecule has 0 saturated carbocycles. The van der Waals surface area contributed by atoms with Crippen molar-refractivity contribution in [3.8, 4) is 0 Å². The molecule has 0 radical (unpaired) electrons. The van der Waals surface area contributed by atoms with Crippen LogP contribution in [0.4, 0.5) is 0 Å². The van der Waals surface area contributed by atoms with Gasteiger partial charge in [0.1, 0.15) is 6.10 Å². The number of ether oxygens (including phenoxy) is 1. The Kier molecular flexibility index (Phi) is 4.27. The van der Waals surface area contributed by atoms with Crippen LogP contribution in [0.15, 0.2) is 6.20 Å². The topological polar surface area (TPSA) is 64.3 Å². The third-order valence-corrected chi connectivity index (χ3v) is 3.41. The van der Waals surface area contributed by atoms with Gasteiger partial charge in [-0.2, -0.15) is 0 Å². The van der Waals surface area contributed by atoms with Gasteiger partial charge in [0.25, 0.3) is 0 Å². The highest BCUT2D eigenvalue weighted by Gasteiger charge is 2.23.